The van der Waals surface area contributed by atoms with E-state index in [1.807, 2.05) is 19.2 Å². The standard InChI is InChI=1S/C10H9N3O2/c1-11-8-4-12-13-7-3-10-9(2-6(7)8)14-5-15-10/h2-4H,5H2,1H3,(H,11,13). The lowest BCUT2D eigenvalue weighted by atomic mass is 10.2. The van der Waals surface area contributed by atoms with E-state index in [4.69, 9.17) is 9.47 Å². The molecule has 15 heavy (non-hydrogen) atoms. The van der Waals surface area contributed by atoms with Crippen molar-refractivity contribution in [2.45, 2.75) is 0 Å². The van der Waals surface area contributed by atoms with Gasteiger partial charge in [-0.1, -0.05) is 0 Å². The summed E-state index contributed by atoms with van der Waals surface area (Å²) in [5, 5.41) is 12.0. The molecule has 2 aromatic rings. The highest BCUT2D eigenvalue weighted by molar-refractivity contribution is 5.92. The third-order valence-corrected chi connectivity index (χ3v) is 2.40. The maximum atomic E-state index is 5.31. The summed E-state index contributed by atoms with van der Waals surface area (Å²) in [7, 11) is 1.85. The van der Waals surface area contributed by atoms with Crippen molar-refractivity contribution >= 4 is 16.6 Å². The van der Waals surface area contributed by atoms with E-state index >= 15 is 0 Å². The Balaban J connectivity index is 2.33. The Labute approximate surface area is 86.0 Å². The van der Waals surface area contributed by atoms with E-state index in [0.717, 1.165) is 28.1 Å². The first-order valence-corrected chi connectivity index (χ1v) is 4.61. The van der Waals surface area contributed by atoms with Crippen molar-refractivity contribution < 1.29 is 9.47 Å². The van der Waals surface area contributed by atoms with E-state index in [-0.39, 0.29) is 6.79 Å². The van der Waals surface area contributed by atoms with Gasteiger partial charge in [-0.05, 0) is 6.07 Å². The van der Waals surface area contributed by atoms with E-state index in [1.165, 1.54) is 0 Å². The van der Waals surface area contributed by atoms with Crippen molar-refractivity contribution in [2.75, 3.05) is 19.2 Å². The van der Waals surface area contributed by atoms with E-state index in [1.54, 1.807) is 6.20 Å². The quantitative estimate of drug-likeness (QED) is 0.759. The molecular formula is C10H9N3O2. The second-order valence-electron chi connectivity index (χ2n) is 3.23. The van der Waals surface area contributed by atoms with Crippen LogP contribution < -0.4 is 14.8 Å². The van der Waals surface area contributed by atoms with Crippen LogP contribution in [-0.4, -0.2) is 24.0 Å². The molecule has 0 aliphatic carbocycles. The van der Waals surface area contributed by atoms with Gasteiger partial charge in [0.15, 0.2) is 11.5 Å². The highest BCUT2D eigenvalue weighted by Gasteiger charge is 2.15. The van der Waals surface area contributed by atoms with Gasteiger partial charge in [-0.15, -0.1) is 0 Å². The van der Waals surface area contributed by atoms with Crippen molar-refractivity contribution in [2.24, 2.45) is 0 Å². The molecule has 3 rings (SSSR count). The number of nitrogens with one attached hydrogen (secondary N) is 1. The fourth-order valence-electron chi connectivity index (χ4n) is 1.65. The number of fused-ring (bicyclic) bond motifs is 2. The molecule has 76 valence electrons. The average molecular weight is 203 g/mol. The zero-order valence-electron chi connectivity index (χ0n) is 8.15. The molecule has 0 saturated carbocycles. The summed E-state index contributed by atoms with van der Waals surface area (Å²) in [4.78, 5) is 0. The van der Waals surface area contributed by atoms with Gasteiger partial charge in [-0.3, -0.25) is 0 Å². The summed E-state index contributed by atoms with van der Waals surface area (Å²) in [6.45, 7) is 0.272. The first-order chi connectivity index (χ1) is 7.38. The normalized spacial score (nSPS) is 13.1. The lowest BCUT2D eigenvalue weighted by Gasteiger charge is -2.04. The van der Waals surface area contributed by atoms with Crippen LogP contribution in [0.25, 0.3) is 10.9 Å². The first kappa shape index (κ1) is 8.28. The number of hydrogen-bond acceptors (Lipinski definition) is 5. The molecule has 0 spiro atoms. The molecule has 0 amide bonds. The zero-order valence-corrected chi connectivity index (χ0v) is 8.15. The molecule has 0 radical (unpaired) electrons. The molecule has 1 N–H and O–H groups in total. The van der Waals surface area contributed by atoms with Crippen LogP contribution in [0.1, 0.15) is 0 Å². The summed E-state index contributed by atoms with van der Waals surface area (Å²) in [6.07, 6.45) is 1.69. The molecule has 0 saturated heterocycles. The molecule has 1 aliphatic rings. The topological polar surface area (TPSA) is 56.3 Å². The molecule has 0 unspecified atom stereocenters. The summed E-state index contributed by atoms with van der Waals surface area (Å²) in [5.41, 5.74) is 1.73. The van der Waals surface area contributed by atoms with Crippen LogP contribution in [0.15, 0.2) is 18.3 Å². The largest absolute Gasteiger partial charge is 0.454 e. The average Bonchev–Trinajstić information content (AvgIpc) is 2.72. The number of ether oxygens (including phenoxy) is 2. The van der Waals surface area contributed by atoms with Crippen molar-refractivity contribution in [3.63, 3.8) is 0 Å². The van der Waals surface area contributed by atoms with Gasteiger partial charge in [-0.2, -0.15) is 10.2 Å². The minimum atomic E-state index is 0.272. The van der Waals surface area contributed by atoms with Crippen LogP contribution in [0, 0.1) is 0 Å². The van der Waals surface area contributed by atoms with Crippen LogP contribution in [-0.2, 0) is 0 Å². The first-order valence-electron chi connectivity index (χ1n) is 4.61. The molecule has 1 aliphatic heterocycles. The van der Waals surface area contributed by atoms with Crippen LogP contribution >= 0.6 is 0 Å². The Morgan fingerprint density at radius 1 is 1.27 bits per heavy atom. The van der Waals surface area contributed by atoms with Gasteiger partial charge >= 0.3 is 0 Å². The monoisotopic (exact) mass is 203 g/mol. The fourth-order valence-corrected chi connectivity index (χ4v) is 1.65. The molecule has 5 heteroatoms. The van der Waals surface area contributed by atoms with Crippen LogP contribution in [0.3, 0.4) is 0 Å². The van der Waals surface area contributed by atoms with Crippen LogP contribution in [0.5, 0.6) is 11.5 Å². The highest BCUT2D eigenvalue weighted by atomic mass is 16.7. The van der Waals surface area contributed by atoms with Gasteiger partial charge in [0.05, 0.1) is 17.4 Å². The lowest BCUT2D eigenvalue weighted by molar-refractivity contribution is 0.174. The summed E-state index contributed by atoms with van der Waals surface area (Å²) < 4.78 is 10.6. The molecule has 0 fully saturated rings. The van der Waals surface area contributed by atoms with Crippen molar-refractivity contribution in [1.29, 1.82) is 0 Å². The Kier molecular flexibility index (Phi) is 1.65. The predicted molar refractivity (Wildman–Crippen MR) is 55.2 cm³/mol. The molecule has 5 nitrogen and oxygen atoms in total. The molecular weight excluding hydrogens is 194 g/mol. The maximum Gasteiger partial charge on any atom is 0.231 e. The highest BCUT2D eigenvalue weighted by Crippen LogP contribution is 2.37. The van der Waals surface area contributed by atoms with E-state index < -0.39 is 0 Å². The van der Waals surface area contributed by atoms with Gasteiger partial charge < -0.3 is 14.8 Å². The third-order valence-electron chi connectivity index (χ3n) is 2.40. The Bertz CT molecular complexity index is 527. The van der Waals surface area contributed by atoms with Crippen molar-refractivity contribution in [1.82, 2.24) is 10.2 Å². The Morgan fingerprint density at radius 3 is 2.87 bits per heavy atom. The summed E-state index contributed by atoms with van der Waals surface area (Å²) >= 11 is 0. The molecule has 0 bridgehead atoms. The Morgan fingerprint density at radius 2 is 2.07 bits per heavy atom. The molecule has 1 aromatic carbocycles. The predicted octanol–water partition coefficient (Wildman–Crippen LogP) is 1.40. The van der Waals surface area contributed by atoms with Gasteiger partial charge in [-0.25, -0.2) is 0 Å². The summed E-state index contributed by atoms with van der Waals surface area (Å²) in [5.74, 6) is 1.48. The number of rotatable bonds is 1. The minimum absolute atomic E-state index is 0.272. The van der Waals surface area contributed by atoms with E-state index in [2.05, 4.69) is 15.5 Å². The van der Waals surface area contributed by atoms with Crippen LogP contribution in [0.2, 0.25) is 0 Å². The number of nitrogens with zero attached hydrogens (tertiary/aromatic N) is 2. The Hall–Kier alpha value is -2.04. The van der Waals surface area contributed by atoms with Crippen LogP contribution in [0.4, 0.5) is 5.69 Å². The number of aromatic nitrogens is 2. The maximum absolute atomic E-state index is 5.31. The van der Waals surface area contributed by atoms with Gasteiger partial charge in [0.2, 0.25) is 6.79 Å². The van der Waals surface area contributed by atoms with E-state index in [0.29, 0.717) is 0 Å². The number of anilines is 1. The number of benzene rings is 1. The van der Waals surface area contributed by atoms with Gasteiger partial charge in [0.25, 0.3) is 0 Å². The second kappa shape index (κ2) is 2.98. The summed E-state index contributed by atoms with van der Waals surface area (Å²) in [6, 6.07) is 3.75. The van der Waals surface area contributed by atoms with E-state index in [9.17, 15) is 0 Å². The zero-order chi connectivity index (χ0) is 10.3. The smallest absolute Gasteiger partial charge is 0.231 e. The lowest BCUT2D eigenvalue weighted by Crippen LogP contribution is -1.93. The van der Waals surface area contributed by atoms with Gasteiger partial charge in [0, 0.05) is 18.5 Å². The van der Waals surface area contributed by atoms with Crippen molar-refractivity contribution in [3.8, 4) is 11.5 Å². The second-order valence-corrected chi connectivity index (χ2v) is 3.23. The third kappa shape index (κ3) is 1.16. The van der Waals surface area contributed by atoms with Crippen molar-refractivity contribution in [3.05, 3.63) is 18.3 Å². The molecule has 0 atom stereocenters. The molecule has 1 aromatic heterocycles. The number of hydrogen-bond donors (Lipinski definition) is 1. The SMILES string of the molecule is CNc1cnnc2cc3c(cc12)OCO3. The van der Waals surface area contributed by atoms with Gasteiger partial charge in [0.1, 0.15) is 0 Å². The fraction of sp³-hybridized carbons (Fsp3) is 0.200. The minimum Gasteiger partial charge on any atom is -0.454 e. The molecule has 2 heterocycles.